The molecule has 2 heterocycles. The fourth-order valence-electron chi connectivity index (χ4n) is 7.83. The lowest BCUT2D eigenvalue weighted by atomic mass is 9.89. The number of benzene rings is 7. The summed E-state index contributed by atoms with van der Waals surface area (Å²) in [4.78, 5) is 10.7. The lowest BCUT2D eigenvalue weighted by Crippen LogP contribution is -1.97. The molecule has 9 rings (SSSR count). The first kappa shape index (κ1) is 31.3. The van der Waals surface area contributed by atoms with Crippen LogP contribution in [0, 0.1) is 6.92 Å². The van der Waals surface area contributed by atoms with Crippen LogP contribution >= 0.6 is 0 Å². The van der Waals surface area contributed by atoms with Crippen molar-refractivity contribution in [3.63, 3.8) is 0 Å². The molecule has 0 radical (unpaired) electrons. The average Bonchev–Trinajstić information content (AvgIpc) is 3.20. The van der Waals surface area contributed by atoms with Gasteiger partial charge in [0.2, 0.25) is 0 Å². The second-order valence-corrected chi connectivity index (χ2v) is 13.3. The van der Waals surface area contributed by atoms with Crippen LogP contribution in [0.4, 0.5) is 0 Å². The molecule has 0 fully saturated rings. The molecule has 7 aromatic carbocycles. The van der Waals surface area contributed by atoms with Gasteiger partial charge in [-0.05, 0) is 70.3 Å². The smallest absolute Gasteiger partial charge is 0.0794 e. The minimum atomic E-state index is 0.980. The highest BCUT2D eigenvalue weighted by atomic mass is 14.7. The van der Waals surface area contributed by atoms with Crippen molar-refractivity contribution in [3.8, 4) is 33.6 Å². The third-order valence-corrected chi connectivity index (χ3v) is 10.2. The first-order valence-electron chi connectivity index (χ1n) is 17.8. The van der Waals surface area contributed by atoms with Gasteiger partial charge < -0.3 is 0 Å². The van der Waals surface area contributed by atoms with Gasteiger partial charge in [0.05, 0.1) is 16.9 Å². The maximum Gasteiger partial charge on any atom is 0.0794 e. The van der Waals surface area contributed by atoms with Crippen molar-refractivity contribution in [2.24, 2.45) is 0 Å². The molecule has 0 aliphatic carbocycles. The molecule has 2 nitrogen and oxygen atoms in total. The maximum absolute atomic E-state index is 5.52. The number of rotatable bonds is 6. The Labute approximate surface area is 303 Å². The number of aromatic nitrogens is 2. The van der Waals surface area contributed by atoms with Crippen LogP contribution in [0.15, 0.2) is 164 Å². The molecule has 0 saturated heterocycles. The fourth-order valence-corrected chi connectivity index (χ4v) is 7.83. The van der Waals surface area contributed by atoms with Crippen LogP contribution in [0.3, 0.4) is 0 Å². The summed E-state index contributed by atoms with van der Waals surface area (Å²) in [5.74, 6) is 0. The third kappa shape index (κ3) is 5.20. The average molecular weight is 665 g/mol. The zero-order valence-corrected chi connectivity index (χ0v) is 29.3. The summed E-state index contributed by atoms with van der Waals surface area (Å²) in [5, 5.41) is 10.7. The molecule has 0 unspecified atom stereocenters. The second-order valence-electron chi connectivity index (χ2n) is 13.3. The summed E-state index contributed by atoms with van der Waals surface area (Å²) in [6, 6.07) is 50.2. The van der Waals surface area contributed by atoms with E-state index >= 15 is 0 Å². The second kappa shape index (κ2) is 12.9. The Morgan fingerprint density at radius 2 is 1.19 bits per heavy atom. The Balaban J connectivity index is 1.34. The summed E-state index contributed by atoms with van der Waals surface area (Å²) < 4.78 is 0. The monoisotopic (exact) mass is 664 g/mol. The van der Waals surface area contributed by atoms with Gasteiger partial charge in [-0.2, -0.15) is 0 Å². The SMILES string of the molecule is C=C/C=C\c1cc2c(/C=C\C)c(C)nc(-c3ccccc3)c2cc1-c1cccc(-c2nc3c4ccccc4ccc3c3c2ccc2ccccc23)c1. The van der Waals surface area contributed by atoms with Gasteiger partial charge in [0.1, 0.15) is 0 Å². The lowest BCUT2D eigenvalue weighted by Gasteiger charge is -2.17. The standard InChI is InChI=1S/C50H36N2/c1-4-6-16-37-30-45-39(15-5-2)32(3)51-48(35-19-8-7-9-20-35)46(45)31-44(37)36-21-14-22-38(29-36)49-42-27-25-33-17-10-12-23-40(33)47(42)43-28-26-34-18-11-13-24-41(34)50(43)52-49/h4-31H,1H2,2-3H3/b15-5-,16-6-. The Bertz CT molecular complexity index is 2930. The van der Waals surface area contributed by atoms with Gasteiger partial charge in [0, 0.05) is 49.3 Å². The predicted molar refractivity (Wildman–Crippen MR) is 225 cm³/mol. The van der Waals surface area contributed by atoms with E-state index in [2.05, 4.69) is 178 Å². The highest BCUT2D eigenvalue weighted by Crippen LogP contribution is 2.42. The molecular formula is C50H36N2. The van der Waals surface area contributed by atoms with E-state index in [0.717, 1.165) is 72.1 Å². The molecule has 0 amide bonds. The van der Waals surface area contributed by atoms with E-state index in [4.69, 9.17) is 9.97 Å². The van der Waals surface area contributed by atoms with E-state index in [-0.39, 0.29) is 0 Å². The molecule has 2 heteroatoms. The molecule has 0 bridgehead atoms. The van der Waals surface area contributed by atoms with Crippen molar-refractivity contribution in [3.05, 3.63) is 181 Å². The number of fused-ring (bicyclic) bond motifs is 8. The molecule has 0 aliphatic rings. The quantitative estimate of drug-likeness (QED) is 0.131. The van der Waals surface area contributed by atoms with Crippen molar-refractivity contribution < 1.29 is 0 Å². The van der Waals surface area contributed by atoms with E-state index in [0.29, 0.717) is 0 Å². The summed E-state index contributed by atoms with van der Waals surface area (Å²) in [6.45, 7) is 8.15. The van der Waals surface area contributed by atoms with Gasteiger partial charge in [-0.15, -0.1) is 0 Å². The van der Waals surface area contributed by atoms with Gasteiger partial charge in [-0.3, -0.25) is 4.98 Å². The number of pyridine rings is 2. The Kier molecular flexibility index (Phi) is 7.79. The van der Waals surface area contributed by atoms with E-state index in [1.54, 1.807) is 0 Å². The van der Waals surface area contributed by atoms with Crippen molar-refractivity contribution in [1.29, 1.82) is 0 Å². The molecule has 0 N–H and O–H groups in total. The Morgan fingerprint density at radius 3 is 1.98 bits per heavy atom. The van der Waals surface area contributed by atoms with E-state index < -0.39 is 0 Å². The van der Waals surface area contributed by atoms with Crippen molar-refractivity contribution in [2.75, 3.05) is 0 Å². The third-order valence-electron chi connectivity index (χ3n) is 10.2. The molecule has 0 saturated carbocycles. The summed E-state index contributed by atoms with van der Waals surface area (Å²) in [5.41, 5.74) is 10.7. The Morgan fingerprint density at radius 1 is 0.519 bits per heavy atom. The van der Waals surface area contributed by atoms with Gasteiger partial charge in [0.15, 0.2) is 0 Å². The van der Waals surface area contributed by atoms with Gasteiger partial charge in [0.25, 0.3) is 0 Å². The number of aryl methyl sites for hydroxylation is 1. The van der Waals surface area contributed by atoms with Crippen LogP contribution in [-0.4, -0.2) is 9.97 Å². The Hall–Kier alpha value is -6.64. The lowest BCUT2D eigenvalue weighted by molar-refractivity contribution is 1.22. The molecule has 2 aromatic heterocycles. The number of allylic oxidation sites excluding steroid dienone is 3. The van der Waals surface area contributed by atoms with Crippen molar-refractivity contribution in [1.82, 2.24) is 9.97 Å². The van der Waals surface area contributed by atoms with Gasteiger partial charge in [-0.25, -0.2) is 4.98 Å². The number of hydrogen-bond donors (Lipinski definition) is 0. The van der Waals surface area contributed by atoms with Gasteiger partial charge >= 0.3 is 0 Å². The highest BCUT2D eigenvalue weighted by molar-refractivity contribution is 6.26. The number of nitrogens with zero attached hydrogens (tertiary/aromatic N) is 2. The fraction of sp³-hybridized carbons (Fsp3) is 0.0400. The highest BCUT2D eigenvalue weighted by Gasteiger charge is 2.18. The summed E-state index contributed by atoms with van der Waals surface area (Å²) in [6.07, 6.45) is 10.3. The van der Waals surface area contributed by atoms with Gasteiger partial charge in [-0.1, -0.05) is 158 Å². The van der Waals surface area contributed by atoms with E-state index in [1.807, 2.05) is 12.2 Å². The number of hydrogen-bond acceptors (Lipinski definition) is 2. The largest absolute Gasteiger partial charge is 0.252 e. The predicted octanol–water partition coefficient (Wildman–Crippen LogP) is 13.8. The molecule has 0 aliphatic heterocycles. The van der Waals surface area contributed by atoms with Crippen LogP contribution in [0.1, 0.15) is 23.7 Å². The van der Waals surface area contributed by atoms with Crippen LogP contribution in [-0.2, 0) is 0 Å². The normalized spacial score (nSPS) is 12.0. The zero-order valence-electron chi connectivity index (χ0n) is 29.3. The molecular weight excluding hydrogens is 629 g/mol. The van der Waals surface area contributed by atoms with Crippen LogP contribution in [0.2, 0.25) is 0 Å². The van der Waals surface area contributed by atoms with E-state index in [1.165, 1.54) is 32.3 Å². The molecule has 52 heavy (non-hydrogen) atoms. The molecule has 9 aromatic rings. The maximum atomic E-state index is 5.52. The zero-order chi connectivity index (χ0) is 35.2. The first-order chi connectivity index (χ1) is 25.6. The van der Waals surface area contributed by atoms with Crippen molar-refractivity contribution >= 4 is 66.1 Å². The van der Waals surface area contributed by atoms with Crippen LogP contribution in [0.25, 0.3) is 99.8 Å². The van der Waals surface area contributed by atoms with Crippen LogP contribution < -0.4 is 0 Å². The molecule has 0 spiro atoms. The van der Waals surface area contributed by atoms with Crippen molar-refractivity contribution in [2.45, 2.75) is 13.8 Å². The molecule has 246 valence electrons. The minimum Gasteiger partial charge on any atom is -0.252 e. The summed E-state index contributed by atoms with van der Waals surface area (Å²) in [7, 11) is 0. The minimum absolute atomic E-state index is 0.980. The van der Waals surface area contributed by atoms with E-state index in [9.17, 15) is 0 Å². The topological polar surface area (TPSA) is 25.8 Å². The molecule has 0 atom stereocenters. The first-order valence-corrected chi connectivity index (χ1v) is 17.8. The summed E-state index contributed by atoms with van der Waals surface area (Å²) >= 11 is 0. The van der Waals surface area contributed by atoms with Crippen LogP contribution in [0.5, 0.6) is 0 Å².